The Morgan fingerprint density at radius 3 is 2.85 bits per heavy atom. The van der Waals surface area contributed by atoms with E-state index in [9.17, 15) is 4.79 Å². The van der Waals surface area contributed by atoms with Crippen LogP contribution >= 0.6 is 0 Å². The Labute approximate surface area is 80.1 Å². The van der Waals surface area contributed by atoms with Gasteiger partial charge in [0.15, 0.2) is 0 Å². The molecule has 1 saturated heterocycles. The first-order chi connectivity index (χ1) is 6.19. The van der Waals surface area contributed by atoms with Crippen molar-refractivity contribution in [2.24, 2.45) is 11.8 Å². The van der Waals surface area contributed by atoms with E-state index < -0.39 is 0 Å². The molecule has 76 valence electrons. The molecule has 0 spiro atoms. The van der Waals surface area contributed by atoms with Crippen molar-refractivity contribution >= 4 is 5.97 Å². The molecule has 0 unspecified atom stereocenters. The molecule has 0 amide bonds. The van der Waals surface area contributed by atoms with Crippen molar-refractivity contribution in [3.63, 3.8) is 0 Å². The van der Waals surface area contributed by atoms with Crippen LogP contribution < -0.4 is 0 Å². The Kier molecular flexibility index (Phi) is 3.72. The molecular formula is C10H19NO2. The number of piperidine rings is 1. The van der Waals surface area contributed by atoms with Crippen LogP contribution in [0.5, 0.6) is 0 Å². The van der Waals surface area contributed by atoms with Gasteiger partial charge in [-0.2, -0.15) is 0 Å². The molecule has 1 rings (SSSR count). The summed E-state index contributed by atoms with van der Waals surface area (Å²) in [5.74, 6) is 0.581. The first-order valence-electron chi connectivity index (χ1n) is 4.95. The van der Waals surface area contributed by atoms with Gasteiger partial charge in [0.25, 0.3) is 0 Å². The molecular weight excluding hydrogens is 166 g/mol. The molecule has 1 aliphatic heterocycles. The van der Waals surface area contributed by atoms with Crippen molar-refractivity contribution in [1.29, 1.82) is 0 Å². The first-order valence-corrected chi connectivity index (χ1v) is 4.95. The van der Waals surface area contributed by atoms with Gasteiger partial charge in [0.1, 0.15) is 0 Å². The lowest BCUT2D eigenvalue weighted by Crippen LogP contribution is -2.41. The summed E-state index contributed by atoms with van der Waals surface area (Å²) < 4.78 is 4.80. The topological polar surface area (TPSA) is 29.5 Å². The first kappa shape index (κ1) is 10.5. The van der Waals surface area contributed by atoms with Crippen molar-refractivity contribution in [3.05, 3.63) is 0 Å². The lowest BCUT2D eigenvalue weighted by molar-refractivity contribution is -0.149. The molecule has 1 aliphatic rings. The average molecular weight is 185 g/mol. The Morgan fingerprint density at radius 1 is 1.62 bits per heavy atom. The number of hydrogen-bond acceptors (Lipinski definition) is 3. The van der Waals surface area contributed by atoms with E-state index >= 15 is 0 Å². The van der Waals surface area contributed by atoms with E-state index in [1.54, 1.807) is 0 Å². The summed E-state index contributed by atoms with van der Waals surface area (Å²) in [6.07, 6.45) is 2.01. The Morgan fingerprint density at radius 2 is 2.31 bits per heavy atom. The predicted molar refractivity (Wildman–Crippen MR) is 51.4 cm³/mol. The average Bonchev–Trinajstić information content (AvgIpc) is 2.16. The lowest BCUT2D eigenvalue weighted by Gasteiger charge is -2.34. The Balaban J connectivity index is 2.57. The van der Waals surface area contributed by atoms with E-state index in [0.29, 0.717) is 5.92 Å². The molecule has 2 atom stereocenters. The van der Waals surface area contributed by atoms with Gasteiger partial charge in [0, 0.05) is 6.54 Å². The van der Waals surface area contributed by atoms with Gasteiger partial charge < -0.3 is 9.64 Å². The molecule has 3 nitrogen and oxygen atoms in total. The van der Waals surface area contributed by atoms with Gasteiger partial charge in [0.05, 0.1) is 13.0 Å². The minimum Gasteiger partial charge on any atom is -0.469 e. The maximum absolute atomic E-state index is 11.4. The van der Waals surface area contributed by atoms with Gasteiger partial charge in [-0.25, -0.2) is 0 Å². The van der Waals surface area contributed by atoms with Gasteiger partial charge in [-0.1, -0.05) is 13.3 Å². The van der Waals surface area contributed by atoms with Crippen molar-refractivity contribution in [3.8, 4) is 0 Å². The zero-order valence-corrected chi connectivity index (χ0v) is 8.75. The van der Waals surface area contributed by atoms with Crippen LogP contribution in [-0.2, 0) is 9.53 Å². The molecule has 0 aliphatic carbocycles. The third kappa shape index (κ3) is 2.44. The number of rotatable bonds is 2. The molecule has 0 aromatic carbocycles. The summed E-state index contributed by atoms with van der Waals surface area (Å²) in [5, 5.41) is 0. The number of esters is 1. The summed E-state index contributed by atoms with van der Waals surface area (Å²) in [6, 6.07) is 0. The fourth-order valence-electron chi connectivity index (χ4n) is 2.09. The predicted octanol–water partition coefficient (Wildman–Crippen LogP) is 1.14. The van der Waals surface area contributed by atoms with E-state index in [2.05, 4.69) is 18.9 Å². The minimum atomic E-state index is -0.0278. The van der Waals surface area contributed by atoms with Gasteiger partial charge in [-0.05, 0) is 25.9 Å². The summed E-state index contributed by atoms with van der Waals surface area (Å²) in [7, 11) is 3.59. The molecule has 13 heavy (non-hydrogen) atoms. The summed E-state index contributed by atoms with van der Waals surface area (Å²) in [6.45, 7) is 4.17. The van der Waals surface area contributed by atoms with Crippen LogP contribution in [0.1, 0.15) is 19.8 Å². The second kappa shape index (κ2) is 4.61. The SMILES string of the molecule is CC[C@@H]1CN(C)CC[C@H]1C(=O)OC. The monoisotopic (exact) mass is 185 g/mol. The molecule has 0 saturated carbocycles. The van der Waals surface area contributed by atoms with Crippen molar-refractivity contribution < 1.29 is 9.53 Å². The van der Waals surface area contributed by atoms with Crippen molar-refractivity contribution in [1.82, 2.24) is 4.90 Å². The Hall–Kier alpha value is -0.570. The summed E-state index contributed by atoms with van der Waals surface area (Å²) in [5.41, 5.74) is 0. The number of ether oxygens (including phenoxy) is 1. The highest BCUT2D eigenvalue weighted by Gasteiger charge is 2.32. The zero-order chi connectivity index (χ0) is 9.84. The number of carbonyl (C=O) groups excluding carboxylic acids is 1. The zero-order valence-electron chi connectivity index (χ0n) is 8.75. The van der Waals surface area contributed by atoms with Gasteiger partial charge in [0.2, 0.25) is 0 Å². The van der Waals surface area contributed by atoms with Crippen LogP contribution in [0, 0.1) is 11.8 Å². The minimum absolute atomic E-state index is 0.0278. The maximum Gasteiger partial charge on any atom is 0.309 e. The van der Waals surface area contributed by atoms with Crippen LogP contribution in [0.15, 0.2) is 0 Å². The van der Waals surface area contributed by atoms with Gasteiger partial charge in [-0.3, -0.25) is 4.79 Å². The number of methoxy groups -OCH3 is 1. The number of likely N-dealkylation sites (tertiary alicyclic amines) is 1. The fourth-order valence-corrected chi connectivity index (χ4v) is 2.09. The third-order valence-corrected chi connectivity index (χ3v) is 2.97. The van der Waals surface area contributed by atoms with Crippen molar-refractivity contribution in [2.45, 2.75) is 19.8 Å². The number of carbonyl (C=O) groups is 1. The highest BCUT2D eigenvalue weighted by Crippen LogP contribution is 2.26. The number of hydrogen-bond donors (Lipinski definition) is 0. The highest BCUT2D eigenvalue weighted by atomic mass is 16.5. The summed E-state index contributed by atoms with van der Waals surface area (Å²) >= 11 is 0. The van der Waals surface area contributed by atoms with E-state index in [1.165, 1.54) is 7.11 Å². The third-order valence-electron chi connectivity index (χ3n) is 2.97. The van der Waals surface area contributed by atoms with Crippen LogP contribution in [0.2, 0.25) is 0 Å². The fraction of sp³-hybridized carbons (Fsp3) is 0.900. The molecule has 1 heterocycles. The van der Waals surface area contributed by atoms with Crippen LogP contribution in [-0.4, -0.2) is 38.1 Å². The lowest BCUT2D eigenvalue weighted by atomic mass is 9.84. The van der Waals surface area contributed by atoms with Crippen LogP contribution in [0.25, 0.3) is 0 Å². The largest absolute Gasteiger partial charge is 0.469 e. The standard InChI is InChI=1S/C10H19NO2/c1-4-8-7-11(2)6-5-9(8)10(12)13-3/h8-9H,4-7H2,1-3H3/t8-,9-/m1/s1. The molecule has 3 heteroatoms. The smallest absolute Gasteiger partial charge is 0.309 e. The normalized spacial score (nSPS) is 30.1. The number of nitrogens with zero attached hydrogens (tertiary/aromatic N) is 1. The quantitative estimate of drug-likeness (QED) is 0.604. The van der Waals surface area contributed by atoms with Crippen molar-refractivity contribution in [2.75, 3.05) is 27.2 Å². The van der Waals surface area contributed by atoms with E-state index in [1.807, 2.05) is 0 Å². The molecule has 0 aromatic heterocycles. The van der Waals surface area contributed by atoms with E-state index in [0.717, 1.165) is 25.9 Å². The van der Waals surface area contributed by atoms with Gasteiger partial charge >= 0.3 is 5.97 Å². The molecule has 0 bridgehead atoms. The van der Waals surface area contributed by atoms with Crippen LogP contribution in [0.4, 0.5) is 0 Å². The molecule has 0 aromatic rings. The maximum atomic E-state index is 11.4. The van der Waals surface area contributed by atoms with Crippen LogP contribution in [0.3, 0.4) is 0 Å². The highest BCUT2D eigenvalue weighted by molar-refractivity contribution is 5.72. The molecule has 1 fully saturated rings. The summed E-state index contributed by atoms with van der Waals surface area (Å²) in [4.78, 5) is 13.7. The second-order valence-corrected chi connectivity index (χ2v) is 3.85. The van der Waals surface area contributed by atoms with Gasteiger partial charge in [-0.15, -0.1) is 0 Å². The second-order valence-electron chi connectivity index (χ2n) is 3.85. The molecule has 0 radical (unpaired) electrons. The molecule has 0 N–H and O–H groups in total. The Bertz CT molecular complexity index is 182. The van der Waals surface area contributed by atoms with E-state index in [-0.39, 0.29) is 11.9 Å². The van der Waals surface area contributed by atoms with E-state index in [4.69, 9.17) is 4.74 Å².